The van der Waals surface area contributed by atoms with Crippen LogP contribution in [0.5, 0.6) is 5.75 Å². The summed E-state index contributed by atoms with van der Waals surface area (Å²) in [7, 11) is -0.864. The van der Waals surface area contributed by atoms with E-state index in [4.69, 9.17) is 4.74 Å². The third-order valence-electron chi connectivity index (χ3n) is 2.72. The Balaban J connectivity index is 2.12. The van der Waals surface area contributed by atoms with Crippen LogP contribution in [0.3, 0.4) is 0 Å². The minimum Gasteiger partial charge on any atom is -0.465 e. The average molecular weight is 218 g/mol. The highest BCUT2D eigenvalue weighted by Gasteiger charge is 2.26. The Kier molecular flexibility index (Phi) is 1.99. The van der Waals surface area contributed by atoms with Crippen LogP contribution in [0.15, 0.2) is 47.6 Å². The van der Waals surface area contributed by atoms with Crippen LogP contribution in [0, 0.1) is 0 Å². The molecule has 0 saturated heterocycles. The second kappa shape index (κ2) is 3.35. The molecule has 2 nitrogen and oxygen atoms in total. The molecule has 0 N–H and O–H groups in total. The standard InChI is InChI=1S/C12H10O2S/c13-15-6-5-10-9(8-15)7-14-12-4-2-1-3-11(10)12/h1-7,10H,8H2. The van der Waals surface area contributed by atoms with Gasteiger partial charge in [0.25, 0.3) is 0 Å². The molecule has 0 radical (unpaired) electrons. The molecule has 2 atom stereocenters. The van der Waals surface area contributed by atoms with Gasteiger partial charge < -0.3 is 4.74 Å². The minimum absolute atomic E-state index is 0.257. The molecule has 0 aliphatic carbocycles. The maximum atomic E-state index is 11.4. The summed E-state index contributed by atoms with van der Waals surface area (Å²) in [5.74, 6) is 1.76. The Hall–Kier alpha value is -1.35. The van der Waals surface area contributed by atoms with Crippen molar-refractivity contribution in [2.24, 2.45) is 0 Å². The van der Waals surface area contributed by atoms with Gasteiger partial charge in [-0.25, -0.2) is 0 Å². The Bertz CT molecular complexity index is 488. The zero-order valence-electron chi connectivity index (χ0n) is 8.05. The first-order chi connectivity index (χ1) is 7.34. The molecule has 0 bridgehead atoms. The van der Waals surface area contributed by atoms with E-state index in [-0.39, 0.29) is 5.92 Å². The van der Waals surface area contributed by atoms with Gasteiger partial charge in [-0.15, -0.1) is 0 Å². The van der Waals surface area contributed by atoms with Crippen molar-refractivity contribution in [3.8, 4) is 5.75 Å². The summed E-state index contributed by atoms with van der Waals surface area (Å²) in [6.07, 6.45) is 3.75. The van der Waals surface area contributed by atoms with Crippen molar-refractivity contribution in [3.05, 3.63) is 53.1 Å². The van der Waals surface area contributed by atoms with E-state index in [1.807, 2.05) is 24.3 Å². The van der Waals surface area contributed by atoms with Crippen molar-refractivity contribution in [2.45, 2.75) is 5.92 Å². The summed E-state index contributed by atoms with van der Waals surface area (Å²) in [6.45, 7) is 0. The molecule has 0 aromatic heterocycles. The normalized spacial score (nSPS) is 27.3. The molecule has 1 aromatic carbocycles. The molecule has 3 rings (SSSR count). The van der Waals surface area contributed by atoms with E-state index in [1.165, 1.54) is 5.56 Å². The van der Waals surface area contributed by atoms with Crippen molar-refractivity contribution in [2.75, 3.05) is 5.75 Å². The zero-order chi connectivity index (χ0) is 10.3. The summed E-state index contributed by atoms with van der Waals surface area (Å²) >= 11 is 0. The molecule has 0 amide bonds. The molecular weight excluding hydrogens is 208 g/mol. The van der Waals surface area contributed by atoms with Crippen LogP contribution >= 0.6 is 0 Å². The molecule has 3 heteroatoms. The van der Waals surface area contributed by atoms with Crippen LogP contribution in [0.25, 0.3) is 0 Å². The smallest absolute Gasteiger partial charge is 0.130 e. The van der Waals surface area contributed by atoms with Crippen molar-refractivity contribution in [1.29, 1.82) is 0 Å². The summed E-state index contributed by atoms with van der Waals surface area (Å²) in [5.41, 5.74) is 2.28. The highest BCUT2D eigenvalue weighted by molar-refractivity contribution is 7.88. The predicted molar refractivity (Wildman–Crippen MR) is 60.0 cm³/mol. The molecule has 0 fully saturated rings. The van der Waals surface area contributed by atoms with E-state index in [9.17, 15) is 4.21 Å². The summed E-state index contributed by atoms with van der Waals surface area (Å²) in [5, 5.41) is 1.78. The second-order valence-electron chi connectivity index (χ2n) is 3.68. The zero-order valence-corrected chi connectivity index (χ0v) is 8.87. The van der Waals surface area contributed by atoms with Crippen LogP contribution in [-0.2, 0) is 10.8 Å². The topological polar surface area (TPSA) is 26.3 Å². The third kappa shape index (κ3) is 1.43. The number of rotatable bonds is 0. The minimum atomic E-state index is -0.864. The quantitative estimate of drug-likeness (QED) is 0.668. The van der Waals surface area contributed by atoms with Crippen LogP contribution in [-0.4, -0.2) is 9.96 Å². The molecule has 0 spiro atoms. The van der Waals surface area contributed by atoms with Crippen molar-refractivity contribution in [1.82, 2.24) is 0 Å². The monoisotopic (exact) mass is 218 g/mol. The van der Waals surface area contributed by atoms with Crippen LogP contribution in [0.4, 0.5) is 0 Å². The highest BCUT2D eigenvalue weighted by atomic mass is 32.2. The van der Waals surface area contributed by atoms with Crippen molar-refractivity contribution >= 4 is 10.8 Å². The van der Waals surface area contributed by atoms with Gasteiger partial charge in [0.05, 0.1) is 12.0 Å². The molecule has 2 heterocycles. The molecule has 1 aromatic rings. The van der Waals surface area contributed by atoms with Crippen molar-refractivity contribution in [3.63, 3.8) is 0 Å². The van der Waals surface area contributed by atoms with Crippen LogP contribution < -0.4 is 4.74 Å². The van der Waals surface area contributed by atoms with Gasteiger partial charge in [-0.3, -0.25) is 4.21 Å². The number of para-hydroxylation sites is 1. The molecule has 76 valence electrons. The van der Waals surface area contributed by atoms with E-state index in [2.05, 4.69) is 6.07 Å². The fourth-order valence-corrected chi connectivity index (χ4v) is 2.99. The van der Waals surface area contributed by atoms with E-state index in [0.717, 1.165) is 11.3 Å². The van der Waals surface area contributed by atoms with Gasteiger partial charge in [0, 0.05) is 22.3 Å². The molecule has 2 aliphatic heterocycles. The van der Waals surface area contributed by atoms with Gasteiger partial charge >= 0.3 is 0 Å². The molecule has 15 heavy (non-hydrogen) atoms. The number of benzene rings is 1. The fourth-order valence-electron chi connectivity index (χ4n) is 1.99. The third-order valence-corrected chi connectivity index (χ3v) is 3.80. The van der Waals surface area contributed by atoms with Gasteiger partial charge in [0.2, 0.25) is 0 Å². The molecule has 2 aliphatic rings. The number of hydrogen-bond acceptors (Lipinski definition) is 2. The Morgan fingerprint density at radius 2 is 2.20 bits per heavy atom. The largest absolute Gasteiger partial charge is 0.465 e. The number of hydrogen-bond donors (Lipinski definition) is 0. The van der Waals surface area contributed by atoms with E-state index in [0.29, 0.717) is 5.75 Å². The van der Waals surface area contributed by atoms with Gasteiger partial charge in [-0.1, -0.05) is 24.3 Å². The Labute approximate surface area is 90.7 Å². The number of ether oxygens (including phenoxy) is 1. The molecule has 0 saturated carbocycles. The van der Waals surface area contributed by atoms with Crippen molar-refractivity contribution < 1.29 is 8.95 Å². The number of fused-ring (bicyclic) bond motifs is 3. The van der Waals surface area contributed by atoms with Gasteiger partial charge in [-0.2, -0.15) is 0 Å². The lowest BCUT2D eigenvalue weighted by Gasteiger charge is -2.26. The van der Waals surface area contributed by atoms with E-state index in [1.54, 1.807) is 11.7 Å². The first-order valence-electron chi connectivity index (χ1n) is 4.84. The lowest BCUT2D eigenvalue weighted by molar-refractivity contribution is 0.451. The summed E-state index contributed by atoms with van der Waals surface area (Å²) in [4.78, 5) is 0. The fraction of sp³-hybridized carbons (Fsp3) is 0.167. The van der Waals surface area contributed by atoms with Crippen LogP contribution in [0.1, 0.15) is 11.5 Å². The lowest BCUT2D eigenvalue weighted by atomic mass is 9.90. The molecular formula is C12H10O2S. The summed E-state index contributed by atoms with van der Waals surface area (Å²) < 4.78 is 16.9. The first-order valence-corrected chi connectivity index (χ1v) is 6.23. The predicted octanol–water partition coefficient (Wildman–Crippen LogP) is 2.32. The SMILES string of the molecule is O=S1C=CC2C(=COc3ccccc32)C1. The summed E-state index contributed by atoms with van der Waals surface area (Å²) in [6, 6.07) is 7.99. The van der Waals surface area contributed by atoms with E-state index >= 15 is 0 Å². The second-order valence-corrected chi connectivity index (χ2v) is 5.00. The lowest BCUT2D eigenvalue weighted by Crippen LogP contribution is -2.16. The van der Waals surface area contributed by atoms with Crippen LogP contribution in [0.2, 0.25) is 0 Å². The highest BCUT2D eigenvalue weighted by Crippen LogP contribution is 2.39. The first kappa shape index (κ1) is 8.92. The molecule has 2 unspecified atom stereocenters. The van der Waals surface area contributed by atoms with Gasteiger partial charge in [0.1, 0.15) is 5.75 Å². The maximum absolute atomic E-state index is 11.4. The maximum Gasteiger partial charge on any atom is 0.130 e. The van der Waals surface area contributed by atoms with E-state index < -0.39 is 10.8 Å². The Morgan fingerprint density at radius 1 is 1.33 bits per heavy atom. The number of allylic oxidation sites excluding steroid dienone is 1. The Morgan fingerprint density at radius 3 is 3.13 bits per heavy atom. The average Bonchev–Trinajstić information content (AvgIpc) is 2.28. The van der Waals surface area contributed by atoms with Gasteiger partial charge in [0.15, 0.2) is 0 Å². The van der Waals surface area contributed by atoms with Gasteiger partial charge in [-0.05, 0) is 17.0 Å².